The van der Waals surface area contributed by atoms with Crippen molar-refractivity contribution < 1.29 is 13.6 Å². The molecule has 2 aromatic carbocycles. The SMILES string of the molecule is C[C@@H]1C[C@@H](C)CN(c2ccc(N)cc2C(=O)Nc2c(F)cc(F)cc2Br)C1. The molecule has 2 atom stereocenters. The average Bonchev–Trinajstić information content (AvgIpc) is 2.56. The predicted octanol–water partition coefficient (Wildman–Crippen LogP) is 5.04. The number of nitrogen functional groups attached to an aromatic ring is 1. The van der Waals surface area contributed by atoms with Crippen molar-refractivity contribution in [3.05, 3.63) is 52.0 Å². The molecule has 0 radical (unpaired) electrons. The molecule has 0 bridgehead atoms. The standard InChI is InChI=1S/C20H22BrF2N3O/c1-11-5-12(2)10-26(9-11)18-4-3-14(24)8-15(18)20(27)25-19-16(21)6-13(22)7-17(19)23/h3-4,6-8,11-12H,5,9-10,24H2,1-2H3,(H,25,27)/t11-,12-/m1/s1. The predicted molar refractivity (Wildman–Crippen MR) is 108 cm³/mol. The van der Waals surface area contributed by atoms with Crippen molar-refractivity contribution >= 4 is 38.9 Å². The molecular weight excluding hydrogens is 416 g/mol. The second-order valence-electron chi connectivity index (χ2n) is 7.33. The largest absolute Gasteiger partial charge is 0.399 e. The quantitative estimate of drug-likeness (QED) is 0.660. The number of anilines is 3. The van der Waals surface area contributed by atoms with Gasteiger partial charge < -0.3 is 16.0 Å². The molecule has 4 nitrogen and oxygen atoms in total. The summed E-state index contributed by atoms with van der Waals surface area (Å²) in [6.07, 6.45) is 1.14. The number of benzene rings is 2. The van der Waals surface area contributed by atoms with Crippen molar-refractivity contribution in [1.82, 2.24) is 0 Å². The number of nitrogens with one attached hydrogen (secondary N) is 1. The van der Waals surface area contributed by atoms with E-state index in [2.05, 4.69) is 40.0 Å². The normalized spacial score (nSPS) is 19.8. The van der Waals surface area contributed by atoms with Crippen molar-refractivity contribution in [2.75, 3.05) is 29.0 Å². The van der Waals surface area contributed by atoms with Gasteiger partial charge in [0.15, 0.2) is 5.82 Å². The minimum atomic E-state index is -0.846. The third-order valence-electron chi connectivity index (χ3n) is 4.72. The van der Waals surface area contributed by atoms with Crippen LogP contribution in [0.5, 0.6) is 0 Å². The molecule has 1 aliphatic rings. The number of nitrogens with two attached hydrogens (primary N) is 1. The Morgan fingerprint density at radius 1 is 1.19 bits per heavy atom. The van der Waals surface area contributed by atoms with Crippen molar-refractivity contribution in [2.45, 2.75) is 20.3 Å². The number of hydrogen-bond donors (Lipinski definition) is 2. The lowest BCUT2D eigenvalue weighted by atomic mass is 9.91. The molecule has 1 amide bonds. The summed E-state index contributed by atoms with van der Waals surface area (Å²) in [5.74, 6) is -1.05. The molecule has 1 fully saturated rings. The van der Waals surface area contributed by atoms with Gasteiger partial charge in [0.2, 0.25) is 0 Å². The van der Waals surface area contributed by atoms with Crippen molar-refractivity contribution in [3.8, 4) is 0 Å². The first-order valence-corrected chi connectivity index (χ1v) is 9.64. The maximum atomic E-state index is 14.1. The van der Waals surface area contributed by atoms with E-state index in [9.17, 15) is 13.6 Å². The number of carbonyl (C=O) groups excluding carboxylic acids is 1. The molecule has 0 unspecified atom stereocenters. The highest BCUT2D eigenvalue weighted by molar-refractivity contribution is 9.10. The minimum absolute atomic E-state index is 0.102. The molecule has 0 spiro atoms. The lowest BCUT2D eigenvalue weighted by Gasteiger charge is -2.37. The first kappa shape index (κ1) is 19.6. The molecule has 7 heteroatoms. The number of carbonyl (C=O) groups is 1. The summed E-state index contributed by atoms with van der Waals surface area (Å²) >= 11 is 3.09. The van der Waals surface area contributed by atoms with Gasteiger partial charge in [0, 0.05) is 35.0 Å². The van der Waals surface area contributed by atoms with Crippen LogP contribution in [-0.2, 0) is 0 Å². The van der Waals surface area contributed by atoms with Gasteiger partial charge in [-0.3, -0.25) is 4.79 Å². The smallest absolute Gasteiger partial charge is 0.257 e. The summed E-state index contributed by atoms with van der Waals surface area (Å²) in [5, 5.41) is 2.54. The number of amides is 1. The third-order valence-corrected chi connectivity index (χ3v) is 5.35. The Hall–Kier alpha value is -2.15. The first-order chi connectivity index (χ1) is 12.7. The Morgan fingerprint density at radius 3 is 2.48 bits per heavy atom. The van der Waals surface area contributed by atoms with Crippen LogP contribution in [0.3, 0.4) is 0 Å². The fourth-order valence-electron chi connectivity index (χ4n) is 3.71. The van der Waals surface area contributed by atoms with Gasteiger partial charge in [-0.1, -0.05) is 13.8 Å². The highest BCUT2D eigenvalue weighted by atomic mass is 79.9. The van der Waals surface area contributed by atoms with Crippen LogP contribution in [0.25, 0.3) is 0 Å². The Kier molecular flexibility index (Phi) is 5.69. The van der Waals surface area contributed by atoms with E-state index in [4.69, 9.17) is 5.73 Å². The lowest BCUT2D eigenvalue weighted by molar-refractivity contribution is 0.102. The summed E-state index contributed by atoms with van der Waals surface area (Å²) in [4.78, 5) is 15.1. The van der Waals surface area contributed by atoms with Gasteiger partial charge in [0.1, 0.15) is 5.82 Å². The molecule has 1 aliphatic heterocycles. The number of hydrogen-bond acceptors (Lipinski definition) is 3. The van der Waals surface area contributed by atoms with Gasteiger partial charge >= 0.3 is 0 Å². The van der Waals surface area contributed by atoms with E-state index in [1.165, 1.54) is 0 Å². The van der Waals surface area contributed by atoms with Crippen molar-refractivity contribution in [2.24, 2.45) is 11.8 Å². The van der Waals surface area contributed by atoms with Gasteiger partial charge in [-0.05, 0) is 58.5 Å². The summed E-state index contributed by atoms with van der Waals surface area (Å²) in [5.41, 5.74) is 7.36. The maximum Gasteiger partial charge on any atom is 0.257 e. The van der Waals surface area contributed by atoms with E-state index in [0.717, 1.165) is 37.3 Å². The van der Waals surface area contributed by atoms with E-state index in [0.29, 0.717) is 23.1 Å². The Labute approximate surface area is 165 Å². The lowest BCUT2D eigenvalue weighted by Crippen LogP contribution is -2.39. The van der Waals surface area contributed by atoms with Crippen LogP contribution in [0.4, 0.5) is 25.8 Å². The second kappa shape index (κ2) is 7.84. The molecule has 3 rings (SSSR count). The Balaban J connectivity index is 1.94. The van der Waals surface area contributed by atoms with Gasteiger partial charge in [-0.2, -0.15) is 0 Å². The van der Waals surface area contributed by atoms with E-state index in [1.807, 2.05) is 6.07 Å². The van der Waals surface area contributed by atoms with E-state index >= 15 is 0 Å². The molecular formula is C20H22BrF2N3O. The number of piperidine rings is 1. The molecule has 0 aromatic heterocycles. The van der Waals surface area contributed by atoms with Gasteiger partial charge in [-0.15, -0.1) is 0 Å². The summed E-state index contributed by atoms with van der Waals surface area (Å²) in [7, 11) is 0. The zero-order valence-corrected chi connectivity index (χ0v) is 16.8. The average molecular weight is 438 g/mol. The topological polar surface area (TPSA) is 58.4 Å². The molecule has 2 aromatic rings. The van der Waals surface area contributed by atoms with Crippen LogP contribution in [0.2, 0.25) is 0 Å². The monoisotopic (exact) mass is 437 g/mol. The van der Waals surface area contributed by atoms with Crippen LogP contribution in [0, 0.1) is 23.5 Å². The van der Waals surface area contributed by atoms with Crippen LogP contribution >= 0.6 is 15.9 Å². The van der Waals surface area contributed by atoms with Crippen molar-refractivity contribution in [1.29, 1.82) is 0 Å². The van der Waals surface area contributed by atoms with Crippen LogP contribution in [0.15, 0.2) is 34.8 Å². The van der Waals surface area contributed by atoms with Crippen LogP contribution in [-0.4, -0.2) is 19.0 Å². The highest BCUT2D eigenvalue weighted by Gasteiger charge is 2.26. The zero-order chi connectivity index (χ0) is 19.7. The molecule has 3 N–H and O–H groups in total. The molecule has 144 valence electrons. The summed E-state index contributed by atoms with van der Waals surface area (Å²) in [6, 6.07) is 7.00. The zero-order valence-electron chi connectivity index (χ0n) is 15.2. The fraction of sp³-hybridized carbons (Fsp3) is 0.350. The third kappa shape index (κ3) is 4.40. The number of nitrogens with zero attached hydrogens (tertiary/aromatic N) is 1. The second-order valence-corrected chi connectivity index (χ2v) is 8.18. The van der Waals surface area contributed by atoms with Gasteiger partial charge in [-0.25, -0.2) is 8.78 Å². The van der Waals surface area contributed by atoms with Gasteiger partial charge in [0.05, 0.1) is 11.3 Å². The van der Waals surface area contributed by atoms with Crippen molar-refractivity contribution in [3.63, 3.8) is 0 Å². The van der Waals surface area contributed by atoms with E-state index in [1.54, 1.807) is 12.1 Å². The molecule has 1 saturated heterocycles. The minimum Gasteiger partial charge on any atom is -0.399 e. The van der Waals surface area contributed by atoms with E-state index in [-0.39, 0.29) is 10.2 Å². The summed E-state index contributed by atoms with van der Waals surface area (Å²) < 4.78 is 27.5. The molecule has 0 aliphatic carbocycles. The summed E-state index contributed by atoms with van der Waals surface area (Å²) in [6.45, 7) is 6.04. The van der Waals surface area contributed by atoms with Crippen LogP contribution in [0.1, 0.15) is 30.6 Å². The van der Waals surface area contributed by atoms with Gasteiger partial charge in [0.25, 0.3) is 5.91 Å². The fourth-order valence-corrected chi connectivity index (χ4v) is 4.22. The molecule has 27 heavy (non-hydrogen) atoms. The maximum absolute atomic E-state index is 14.1. The van der Waals surface area contributed by atoms with E-state index < -0.39 is 17.5 Å². The number of rotatable bonds is 3. The molecule has 0 saturated carbocycles. The Morgan fingerprint density at radius 2 is 1.85 bits per heavy atom. The Bertz CT molecular complexity index is 841. The molecule has 1 heterocycles. The highest BCUT2D eigenvalue weighted by Crippen LogP contribution is 2.32. The number of halogens is 3. The van der Waals surface area contributed by atoms with Crippen LogP contribution < -0.4 is 16.0 Å². The first-order valence-electron chi connectivity index (χ1n) is 8.85.